The third-order valence-corrected chi connectivity index (χ3v) is 3.44. The minimum Gasteiger partial charge on any atom is -0.366 e. The number of aryl methyl sites for hydroxylation is 2. The zero-order chi connectivity index (χ0) is 11.7. The molecule has 2 N–H and O–H groups in total. The lowest BCUT2D eigenvalue weighted by molar-refractivity contribution is 0.429. The van der Waals surface area contributed by atoms with E-state index in [0.29, 0.717) is 12.1 Å². The van der Waals surface area contributed by atoms with Gasteiger partial charge in [0.25, 0.3) is 0 Å². The first-order valence-corrected chi connectivity index (χ1v) is 6.16. The minimum absolute atomic E-state index is 0.369. The van der Waals surface area contributed by atoms with Crippen LogP contribution in [-0.4, -0.2) is 28.4 Å². The lowest BCUT2D eigenvalue weighted by Crippen LogP contribution is -2.45. The summed E-state index contributed by atoms with van der Waals surface area (Å²) in [5.74, 6) is 0. The van der Waals surface area contributed by atoms with Gasteiger partial charge in [0.05, 0.1) is 11.4 Å². The van der Waals surface area contributed by atoms with E-state index in [1.54, 1.807) is 0 Å². The molecule has 0 bridgehead atoms. The number of anilines is 1. The third-order valence-electron chi connectivity index (χ3n) is 3.44. The van der Waals surface area contributed by atoms with Gasteiger partial charge in [0.1, 0.15) is 0 Å². The average Bonchev–Trinajstić information content (AvgIpc) is 2.59. The molecule has 2 atom stereocenters. The van der Waals surface area contributed by atoms with Gasteiger partial charge in [-0.15, -0.1) is 0 Å². The van der Waals surface area contributed by atoms with Gasteiger partial charge in [-0.1, -0.05) is 6.92 Å². The number of rotatable bonds is 2. The molecule has 0 saturated carbocycles. The van der Waals surface area contributed by atoms with Crippen molar-refractivity contribution in [3.63, 3.8) is 0 Å². The van der Waals surface area contributed by atoms with E-state index in [-0.39, 0.29) is 0 Å². The van der Waals surface area contributed by atoms with E-state index >= 15 is 0 Å². The molecule has 0 aromatic carbocycles. The molecule has 1 aliphatic heterocycles. The highest BCUT2D eigenvalue weighted by Gasteiger charge is 2.25. The quantitative estimate of drug-likeness (QED) is 0.820. The molecular formula is C12H22N4. The Morgan fingerprint density at radius 1 is 1.56 bits per heavy atom. The van der Waals surface area contributed by atoms with Crippen LogP contribution in [0.25, 0.3) is 0 Å². The maximum absolute atomic E-state index is 5.99. The summed E-state index contributed by atoms with van der Waals surface area (Å²) in [6.45, 7) is 5.47. The standard InChI is InChI=1S/C12H22N4/c1-4-11-12(8-15(3)14-11)16-6-5-10(13)7-9(16)2/h8-10H,4-7,13H2,1-3H3. The number of hydrogen-bond donors (Lipinski definition) is 1. The topological polar surface area (TPSA) is 47.1 Å². The van der Waals surface area contributed by atoms with Crippen LogP contribution in [0.4, 0.5) is 5.69 Å². The Morgan fingerprint density at radius 3 is 2.94 bits per heavy atom. The van der Waals surface area contributed by atoms with Crippen molar-refractivity contribution in [3.05, 3.63) is 11.9 Å². The molecule has 1 fully saturated rings. The smallest absolute Gasteiger partial charge is 0.0855 e. The summed E-state index contributed by atoms with van der Waals surface area (Å²) in [6.07, 6.45) is 5.29. The van der Waals surface area contributed by atoms with Crippen LogP contribution in [0.3, 0.4) is 0 Å². The Bertz CT molecular complexity index is 358. The first-order chi connectivity index (χ1) is 7.61. The largest absolute Gasteiger partial charge is 0.366 e. The number of aromatic nitrogens is 2. The predicted molar refractivity (Wildman–Crippen MR) is 66.6 cm³/mol. The van der Waals surface area contributed by atoms with Crippen LogP contribution < -0.4 is 10.6 Å². The van der Waals surface area contributed by atoms with Crippen molar-refractivity contribution in [1.82, 2.24) is 9.78 Å². The fourth-order valence-electron chi connectivity index (χ4n) is 2.58. The SMILES string of the molecule is CCc1nn(C)cc1N1CCC(N)CC1C. The number of nitrogens with two attached hydrogens (primary N) is 1. The summed E-state index contributed by atoms with van der Waals surface area (Å²) < 4.78 is 1.91. The van der Waals surface area contributed by atoms with E-state index < -0.39 is 0 Å². The second-order valence-electron chi connectivity index (χ2n) is 4.82. The van der Waals surface area contributed by atoms with Gasteiger partial charge in [-0.2, -0.15) is 5.10 Å². The summed E-state index contributed by atoms with van der Waals surface area (Å²) >= 11 is 0. The highest BCUT2D eigenvalue weighted by Crippen LogP contribution is 2.27. The second kappa shape index (κ2) is 4.45. The Morgan fingerprint density at radius 2 is 2.31 bits per heavy atom. The first kappa shape index (κ1) is 11.5. The maximum Gasteiger partial charge on any atom is 0.0855 e. The summed E-state index contributed by atoms with van der Waals surface area (Å²) in [7, 11) is 1.99. The molecule has 2 unspecified atom stereocenters. The van der Waals surface area contributed by atoms with E-state index in [4.69, 9.17) is 5.73 Å². The zero-order valence-corrected chi connectivity index (χ0v) is 10.5. The van der Waals surface area contributed by atoms with Crippen molar-refractivity contribution in [2.24, 2.45) is 12.8 Å². The second-order valence-corrected chi connectivity index (χ2v) is 4.82. The van der Waals surface area contributed by atoms with Crippen LogP contribution in [-0.2, 0) is 13.5 Å². The molecule has 4 nitrogen and oxygen atoms in total. The van der Waals surface area contributed by atoms with Crippen molar-refractivity contribution < 1.29 is 0 Å². The summed E-state index contributed by atoms with van der Waals surface area (Å²) in [5.41, 5.74) is 8.49. The normalized spacial score (nSPS) is 26.1. The van der Waals surface area contributed by atoms with Crippen LogP contribution in [0.1, 0.15) is 32.4 Å². The molecule has 1 aromatic rings. The van der Waals surface area contributed by atoms with E-state index in [9.17, 15) is 0 Å². The molecule has 2 heterocycles. The molecule has 2 rings (SSSR count). The number of nitrogens with zero attached hydrogens (tertiary/aromatic N) is 3. The van der Waals surface area contributed by atoms with E-state index in [1.165, 1.54) is 11.4 Å². The monoisotopic (exact) mass is 222 g/mol. The Kier molecular flexibility index (Phi) is 3.19. The lowest BCUT2D eigenvalue weighted by Gasteiger charge is -2.37. The molecule has 0 radical (unpaired) electrons. The minimum atomic E-state index is 0.369. The molecular weight excluding hydrogens is 200 g/mol. The van der Waals surface area contributed by atoms with Crippen LogP contribution in [0.2, 0.25) is 0 Å². The predicted octanol–water partition coefficient (Wildman–Crippen LogP) is 1.30. The Hall–Kier alpha value is -1.03. The zero-order valence-electron chi connectivity index (χ0n) is 10.5. The van der Waals surface area contributed by atoms with Gasteiger partial charge in [0, 0.05) is 31.9 Å². The van der Waals surface area contributed by atoms with Crippen LogP contribution in [0.15, 0.2) is 6.20 Å². The molecule has 0 amide bonds. The van der Waals surface area contributed by atoms with Gasteiger partial charge in [0.2, 0.25) is 0 Å². The molecule has 1 saturated heterocycles. The third kappa shape index (κ3) is 2.07. The summed E-state index contributed by atoms with van der Waals surface area (Å²) in [4.78, 5) is 2.45. The molecule has 4 heteroatoms. The first-order valence-electron chi connectivity index (χ1n) is 6.16. The molecule has 16 heavy (non-hydrogen) atoms. The molecule has 1 aromatic heterocycles. The van der Waals surface area contributed by atoms with Crippen molar-refractivity contribution >= 4 is 5.69 Å². The summed E-state index contributed by atoms with van der Waals surface area (Å²) in [6, 6.07) is 0.895. The number of piperidine rings is 1. The lowest BCUT2D eigenvalue weighted by atomic mass is 9.98. The van der Waals surface area contributed by atoms with Crippen molar-refractivity contribution in [2.45, 2.75) is 45.2 Å². The van der Waals surface area contributed by atoms with Gasteiger partial charge in [-0.3, -0.25) is 4.68 Å². The Balaban J connectivity index is 2.22. The van der Waals surface area contributed by atoms with Crippen molar-refractivity contribution in [3.8, 4) is 0 Å². The van der Waals surface area contributed by atoms with Gasteiger partial charge < -0.3 is 10.6 Å². The van der Waals surface area contributed by atoms with Gasteiger partial charge in [-0.25, -0.2) is 0 Å². The molecule has 0 spiro atoms. The maximum atomic E-state index is 5.99. The fraction of sp³-hybridized carbons (Fsp3) is 0.750. The summed E-state index contributed by atoms with van der Waals surface area (Å²) in [5, 5.41) is 4.50. The van der Waals surface area contributed by atoms with Gasteiger partial charge in [-0.05, 0) is 26.2 Å². The van der Waals surface area contributed by atoms with Gasteiger partial charge >= 0.3 is 0 Å². The van der Waals surface area contributed by atoms with E-state index in [2.05, 4.69) is 30.0 Å². The van der Waals surface area contributed by atoms with Crippen LogP contribution in [0, 0.1) is 0 Å². The van der Waals surface area contributed by atoms with Crippen LogP contribution >= 0.6 is 0 Å². The molecule has 1 aliphatic rings. The van der Waals surface area contributed by atoms with Gasteiger partial charge in [0.15, 0.2) is 0 Å². The van der Waals surface area contributed by atoms with Crippen molar-refractivity contribution in [1.29, 1.82) is 0 Å². The average molecular weight is 222 g/mol. The van der Waals surface area contributed by atoms with E-state index in [0.717, 1.165) is 25.8 Å². The Labute approximate surface area is 97.4 Å². The molecule has 90 valence electrons. The molecule has 0 aliphatic carbocycles. The fourth-order valence-corrected chi connectivity index (χ4v) is 2.58. The highest BCUT2D eigenvalue weighted by atomic mass is 15.3. The van der Waals surface area contributed by atoms with Crippen molar-refractivity contribution in [2.75, 3.05) is 11.4 Å². The van der Waals surface area contributed by atoms with E-state index in [1.807, 2.05) is 11.7 Å². The number of hydrogen-bond acceptors (Lipinski definition) is 3. The highest BCUT2D eigenvalue weighted by molar-refractivity contribution is 5.50. The van der Waals surface area contributed by atoms with Crippen LogP contribution in [0.5, 0.6) is 0 Å².